The maximum absolute atomic E-state index is 13.9. The van der Waals surface area contributed by atoms with E-state index in [1.165, 1.54) is 6.07 Å². The summed E-state index contributed by atoms with van der Waals surface area (Å²) < 4.78 is 52.9. The van der Waals surface area contributed by atoms with Gasteiger partial charge in [-0.05, 0) is 77.4 Å². The average molecular weight is 570 g/mol. The van der Waals surface area contributed by atoms with E-state index < -0.39 is 11.7 Å². The zero-order valence-corrected chi connectivity index (χ0v) is 23.4. The zero-order valence-electron chi connectivity index (χ0n) is 23.4. The Labute approximate surface area is 242 Å². The SMILES string of the molecule is CCOC(=O)Cc1cccc(COc2cccc(-c3c(Cc4ccccc4C)cnc4c(C(F)(F)F)cccc34)c2)c1. The second-order valence-electron chi connectivity index (χ2n) is 10.1. The van der Waals surface area contributed by atoms with Gasteiger partial charge in [0.1, 0.15) is 12.4 Å². The molecular formula is C35H30F3NO3. The number of rotatable bonds is 9. The minimum atomic E-state index is -4.53. The number of nitrogens with zero attached hydrogens (tertiary/aromatic N) is 1. The number of benzene rings is 4. The standard InChI is InChI=1S/C35H30F3NO3/c1-3-41-32(40)18-24-10-6-11-25(17-24)22-42-29-14-7-13-27(20-29)33-28(19-26-12-5-4-9-23(26)2)21-39-34-30(33)15-8-16-31(34)35(36,37)38/h4-17,20-21H,3,18-19,22H2,1-2H3. The summed E-state index contributed by atoms with van der Waals surface area (Å²) in [7, 11) is 0. The van der Waals surface area contributed by atoms with E-state index >= 15 is 0 Å². The van der Waals surface area contributed by atoms with E-state index in [9.17, 15) is 18.0 Å². The second kappa shape index (κ2) is 12.5. The number of aromatic nitrogens is 1. The third-order valence-corrected chi connectivity index (χ3v) is 7.10. The third kappa shape index (κ3) is 6.62. The highest BCUT2D eigenvalue weighted by Gasteiger charge is 2.33. The minimum absolute atomic E-state index is 0.0849. The number of carbonyl (C=O) groups excluding carboxylic acids is 1. The Kier molecular flexibility index (Phi) is 8.57. The molecule has 0 saturated carbocycles. The Hall–Kier alpha value is -4.65. The van der Waals surface area contributed by atoms with Gasteiger partial charge in [-0.1, -0.05) is 72.8 Å². The lowest BCUT2D eigenvalue weighted by molar-refractivity contribution is -0.142. The number of halogens is 3. The Morgan fingerprint density at radius 3 is 2.40 bits per heavy atom. The maximum Gasteiger partial charge on any atom is 0.418 e. The largest absolute Gasteiger partial charge is 0.489 e. The molecule has 0 spiro atoms. The van der Waals surface area contributed by atoms with Crippen LogP contribution in [0.2, 0.25) is 0 Å². The van der Waals surface area contributed by atoms with Crippen LogP contribution >= 0.6 is 0 Å². The average Bonchev–Trinajstić information content (AvgIpc) is 2.97. The van der Waals surface area contributed by atoms with Crippen LogP contribution in [0.25, 0.3) is 22.0 Å². The van der Waals surface area contributed by atoms with E-state index in [1.807, 2.05) is 79.7 Å². The van der Waals surface area contributed by atoms with Crippen LogP contribution in [0.15, 0.2) is 97.2 Å². The van der Waals surface area contributed by atoms with Crippen LogP contribution in [0.5, 0.6) is 5.75 Å². The topological polar surface area (TPSA) is 48.4 Å². The van der Waals surface area contributed by atoms with Crippen LogP contribution in [-0.4, -0.2) is 17.6 Å². The summed E-state index contributed by atoms with van der Waals surface area (Å²) in [5.41, 5.74) is 5.27. The summed E-state index contributed by atoms with van der Waals surface area (Å²) in [5, 5.41) is 0.430. The van der Waals surface area contributed by atoms with Gasteiger partial charge in [0.05, 0.1) is 24.1 Å². The molecule has 1 aromatic heterocycles. The number of hydrogen-bond donors (Lipinski definition) is 0. The van der Waals surface area contributed by atoms with Gasteiger partial charge in [-0.25, -0.2) is 0 Å². The van der Waals surface area contributed by atoms with Crippen molar-refractivity contribution in [3.8, 4) is 16.9 Å². The minimum Gasteiger partial charge on any atom is -0.489 e. The quantitative estimate of drug-likeness (QED) is 0.167. The number of hydrogen-bond acceptors (Lipinski definition) is 4. The lowest BCUT2D eigenvalue weighted by Gasteiger charge is -2.17. The number of carbonyl (C=O) groups is 1. The molecule has 0 saturated heterocycles. The van der Waals surface area contributed by atoms with Crippen molar-refractivity contribution in [2.75, 3.05) is 6.61 Å². The van der Waals surface area contributed by atoms with Crippen LogP contribution < -0.4 is 4.74 Å². The van der Waals surface area contributed by atoms with E-state index in [0.717, 1.165) is 39.4 Å². The van der Waals surface area contributed by atoms with Gasteiger partial charge in [-0.15, -0.1) is 0 Å². The lowest BCUT2D eigenvalue weighted by atomic mass is 9.91. The molecule has 4 aromatic carbocycles. The molecule has 0 radical (unpaired) electrons. The number of para-hydroxylation sites is 1. The van der Waals surface area contributed by atoms with E-state index in [0.29, 0.717) is 29.7 Å². The lowest BCUT2D eigenvalue weighted by Crippen LogP contribution is -2.08. The van der Waals surface area contributed by atoms with Crippen molar-refractivity contribution in [2.24, 2.45) is 0 Å². The van der Waals surface area contributed by atoms with Crippen molar-refractivity contribution >= 4 is 16.9 Å². The van der Waals surface area contributed by atoms with Gasteiger partial charge in [0.15, 0.2) is 0 Å². The Balaban J connectivity index is 1.51. The molecule has 4 nitrogen and oxygen atoms in total. The van der Waals surface area contributed by atoms with Gasteiger partial charge in [-0.2, -0.15) is 13.2 Å². The van der Waals surface area contributed by atoms with E-state index in [4.69, 9.17) is 9.47 Å². The van der Waals surface area contributed by atoms with Gasteiger partial charge in [0.25, 0.3) is 0 Å². The fraction of sp³-hybridized carbons (Fsp3) is 0.200. The molecule has 0 atom stereocenters. The molecule has 5 aromatic rings. The molecule has 0 aliphatic heterocycles. The van der Waals surface area contributed by atoms with Crippen molar-refractivity contribution in [3.05, 3.63) is 131 Å². The normalized spacial score (nSPS) is 11.5. The molecule has 0 aliphatic carbocycles. The predicted molar refractivity (Wildman–Crippen MR) is 157 cm³/mol. The van der Waals surface area contributed by atoms with Gasteiger partial charge in [-0.3, -0.25) is 9.78 Å². The summed E-state index contributed by atoms with van der Waals surface area (Å²) in [6, 6.07) is 27.0. The van der Waals surface area contributed by atoms with Crippen LogP contribution in [0.1, 0.15) is 40.3 Å². The van der Waals surface area contributed by atoms with E-state index in [1.54, 1.807) is 19.2 Å². The third-order valence-electron chi connectivity index (χ3n) is 7.10. The predicted octanol–water partition coefficient (Wildman–Crippen LogP) is 8.50. The van der Waals surface area contributed by atoms with Gasteiger partial charge >= 0.3 is 12.1 Å². The van der Waals surface area contributed by atoms with Crippen molar-refractivity contribution in [1.82, 2.24) is 4.98 Å². The Bertz CT molecular complexity index is 1730. The molecule has 0 aliphatic rings. The molecule has 214 valence electrons. The van der Waals surface area contributed by atoms with Gasteiger partial charge < -0.3 is 9.47 Å². The van der Waals surface area contributed by atoms with Crippen molar-refractivity contribution in [2.45, 2.75) is 39.5 Å². The number of aryl methyl sites for hydroxylation is 1. The van der Waals surface area contributed by atoms with Crippen LogP contribution in [-0.2, 0) is 35.2 Å². The molecule has 5 rings (SSSR count). The fourth-order valence-electron chi connectivity index (χ4n) is 5.10. The first-order valence-corrected chi connectivity index (χ1v) is 13.7. The summed E-state index contributed by atoms with van der Waals surface area (Å²) in [6.07, 6.45) is -2.29. The summed E-state index contributed by atoms with van der Waals surface area (Å²) in [6.45, 7) is 4.37. The first-order valence-electron chi connectivity index (χ1n) is 13.7. The van der Waals surface area contributed by atoms with Crippen molar-refractivity contribution in [3.63, 3.8) is 0 Å². The van der Waals surface area contributed by atoms with Crippen molar-refractivity contribution < 1.29 is 27.4 Å². The summed E-state index contributed by atoms with van der Waals surface area (Å²) >= 11 is 0. The number of pyridine rings is 1. The van der Waals surface area contributed by atoms with E-state index in [-0.39, 0.29) is 24.5 Å². The van der Waals surface area contributed by atoms with Crippen LogP contribution in [0, 0.1) is 6.92 Å². The maximum atomic E-state index is 13.9. The smallest absolute Gasteiger partial charge is 0.418 e. The second-order valence-corrected chi connectivity index (χ2v) is 10.1. The fourth-order valence-corrected chi connectivity index (χ4v) is 5.10. The Morgan fingerprint density at radius 1 is 0.857 bits per heavy atom. The number of alkyl halides is 3. The summed E-state index contributed by atoms with van der Waals surface area (Å²) in [4.78, 5) is 16.2. The molecule has 42 heavy (non-hydrogen) atoms. The molecule has 0 N–H and O–H groups in total. The highest BCUT2D eigenvalue weighted by molar-refractivity contribution is 5.98. The number of fused-ring (bicyclic) bond motifs is 1. The molecule has 0 bridgehead atoms. The van der Waals surface area contributed by atoms with Gasteiger partial charge in [0, 0.05) is 11.6 Å². The first-order chi connectivity index (χ1) is 20.2. The molecule has 0 fully saturated rings. The molecule has 1 heterocycles. The van der Waals surface area contributed by atoms with E-state index in [2.05, 4.69) is 4.98 Å². The highest BCUT2D eigenvalue weighted by atomic mass is 19.4. The number of ether oxygens (including phenoxy) is 2. The first kappa shape index (κ1) is 28.9. The Morgan fingerprint density at radius 2 is 1.62 bits per heavy atom. The van der Waals surface area contributed by atoms with Crippen LogP contribution in [0.4, 0.5) is 13.2 Å². The number of esters is 1. The highest BCUT2D eigenvalue weighted by Crippen LogP contribution is 2.39. The zero-order chi connectivity index (χ0) is 29.7. The van der Waals surface area contributed by atoms with Crippen LogP contribution in [0.3, 0.4) is 0 Å². The molecule has 7 heteroatoms. The monoisotopic (exact) mass is 569 g/mol. The molecule has 0 amide bonds. The van der Waals surface area contributed by atoms with Gasteiger partial charge in [0.2, 0.25) is 0 Å². The van der Waals surface area contributed by atoms with Crippen molar-refractivity contribution in [1.29, 1.82) is 0 Å². The summed E-state index contributed by atoms with van der Waals surface area (Å²) in [5.74, 6) is 0.283. The molecule has 0 unspecified atom stereocenters. The molecular weight excluding hydrogens is 539 g/mol.